The molecule has 5 saturated carbocycles. The van der Waals surface area contributed by atoms with Crippen LogP contribution in [0.25, 0.3) is 0 Å². The average Bonchev–Trinajstić information content (AvgIpc) is 2.59. The Morgan fingerprint density at radius 2 is 2.08 bits per heavy atom. The number of Topliss-reactive ketones (excluding diaryl/α,β-unsaturated/α-hetero) is 1. The SMILES string of the molecule is C=C1C(=O)[C@]23CCC1CC2[C@]1(COS(=O)O)CCC[C@H](C)C1C[C@H]3O. The van der Waals surface area contributed by atoms with Crippen LogP contribution in [0.5, 0.6) is 0 Å². The fraction of sp³-hybridized carbons (Fsp3) is 0.842. The van der Waals surface area contributed by atoms with Crippen LogP contribution in [0.3, 0.4) is 0 Å². The van der Waals surface area contributed by atoms with Gasteiger partial charge in [-0.05, 0) is 61.3 Å². The quantitative estimate of drug-likeness (QED) is 0.591. The van der Waals surface area contributed by atoms with Crippen molar-refractivity contribution in [2.75, 3.05) is 6.61 Å². The summed E-state index contributed by atoms with van der Waals surface area (Å²) in [5.74, 6) is 0.926. The molecule has 2 bridgehead atoms. The van der Waals surface area contributed by atoms with E-state index in [1.807, 2.05) is 0 Å². The van der Waals surface area contributed by atoms with E-state index in [2.05, 4.69) is 13.5 Å². The van der Waals surface area contributed by atoms with Gasteiger partial charge in [-0.1, -0.05) is 26.3 Å². The molecule has 5 rings (SSSR count). The van der Waals surface area contributed by atoms with Gasteiger partial charge in [0.1, 0.15) is 0 Å². The molecule has 0 saturated heterocycles. The van der Waals surface area contributed by atoms with Gasteiger partial charge >= 0.3 is 11.4 Å². The summed E-state index contributed by atoms with van der Waals surface area (Å²) in [6.45, 7) is 6.45. The Morgan fingerprint density at radius 1 is 1.32 bits per heavy atom. The zero-order chi connectivity index (χ0) is 18.0. The first-order chi connectivity index (χ1) is 11.8. The molecule has 1 spiro atoms. The predicted molar refractivity (Wildman–Crippen MR) is 93.7 cm³/mol. The Labute approximate surface area is 151 Å². The first-order valence-corrected chi connectivity index (χ1v) is 10.5. The third-order valence-corrected chi connectivity index (χ3v) is 8.50. The van der Waals surface area contributed by atoms with Crippen LogP contribution in [0, 0.1) is 34.5 Å². The number of ketones is 1. The van der Waals surface area contributed by atoms with E-state index in [4.69, 9.17) is 4.18 Å². The summed E-state index contributed by atoms with van der Waals surface area (Å²) >= 11 is -2.30. The molecule has 0 aromatic rings. The van der Waals surface area contributed by atoms with E-state index in [1.54, 1.807) is 0 Å². The average molecular weight is 368 g/mol. The second kappa shape index (κ2) is 5.98. The minimum atomic E-state index is -2.30. The zero-order valence-electron chi connectivity index (χ0n) is 14.8. The van der Waals surface area contributed by atoms with Gasteiger partial charge in [0.15, 0.2) is 5.78 Å². The van der Waals surface area contributed by atoms with Crippen molar-refractivity contribution in [3.05, 3.63) is 12.2 Å². The fourth-order valence-electron chi connectivity index (χ4n) is 7.07. The standard InChI is InChI=1S/C19H28O5S/c1-11-4-3-6-18(10-24-25(22)23)14(11)9-16(20)19-7-5-13(8-15(18)19)12(2)17(19)21/h11,13-16,20H,2-10H2,1H3,(H,22,23)/t11-,13?,14?,15?,16+,18-,19+/m0/s1. The molecule has 5 nitrogen and oxygen atoms in total. The maximum Gasteiger partial charge on any atom is 0.301 e. The van der Waals surface area contributed by atoms with Crippen molar-refractivity contribution in [3.63, 3.8) is 0 Å². The minimum Gasteiger partial charge on any atom is -0.392 e. The summed E-state index contributed by atoms with van der Waals surface area (Å²) in [5, 5.41) is 11.1. The number of aliphatic hydroxyl groups is 1. The second-order valence-electron chi connectivity index (χ2n) is 8.86. The lowest BCUT2D eigenvalue weighted by Crippen LogP contribution is -2.68. The largest absolute Gasteiger partial charge is 0.392 e. The predicted octanol–water partition coefficient (Wildman–Crippen LogP) is 2.87. The minimum absolute atomic E-state index is 0.0248. The number of hydrogen-bond donors (Lipinski definition) is 2. The third kappa shape index (κ3) is 2.30. The topological polar surface area (TPSA) is 83.8 Å². The summed E-state index contributed by atoms with van der Waals surface area (Å²) in [6.07, 6.45) is 5.49. The van der Waals surface area contributed by atoms with Crippen LogP contribution in [0.1, 0.15) is 51.9 Å². The lowest BCUT2D eigenvalue weighted by Gasteiger charge is -2.67. The molecular formula is C19H28O5S. The number of carbonyl (C=O) groups excluding carboxylic acids is 1. The molecule has 25 heavy (non-hydrogen) atoms. The van der Waals surface area contributed by atoms with Gasteiger partial charge in [0.05, 0.1) is 18.1 Å². The Hall–Kier alpha value is -0.560. The lowest BCUT2D eigenvalue weighted by molar-refractivity contribution is -0.214. The molecule has 4 unspecified atom stereocenters. The summed E-state index contributed by atoms with van der Waals surface area (Å²) in [7, 11) is 0. The number of fused-ring (bicyclic) bond motifs is 3. The van der Waals surface area contributed by atoms with Gasteiger partial charge < -0.3 is 5.11 Å². The summed E-state index contributed by atoms with van der Waals surface area (Å²) in [6, 6.07) is 0. The van der Waals surface area contributed by atoms with Gasteiger partial charge in [-0.2, -0.15) is 4.21 Å². The number of carbonyl (C=O) groups is 1. The monoisotopic (exact) mass is 368 g/mol. The van der Waals surface area contributed by atoms with E-state index in [0.717, 1.165) is 32.1 Å². The van der Waals surface area contributed by atoms with Crippen LogP contribution in [-0.4, -0.2) is 32.4 Å². The van der Waals surface area contributed by atoms with Gasteiger partial charge in [0, 0.05) is 5.41 Å². The number of allylic oxidation sites excluding steroid dienone is 1. The first-order valence-electron chi connectivity index (χ1n) is 9.48. The lowest BCUT2D eigenvalue weighted by atomic mass is 9.37. The van der Waals surface area contributed by atoms with Crippen LogP contribution >= 0.6 is 0 Å². The van der Waals surface area contributed by atoms with Crippen LogP contribution in [0.4, 0.5) is 0 Å². The number of aliphatic hydroxyl groups excluding tert-OH is 1. The van der Waals surface area contributed by atoms with Crippen LogP contribution in [0.15, 0.2) is 12.2 Å². The fourth-order valence-corrected chi connectivity index (χ4v) is 7.39. The molecule has 0 radical (unpaired) electrons. The van der Waals surface area contributed by atoms with Gasteiger partial charge in [-0.25, -0.2) is 0 Å². The van der Waals surface area contributed by atoms with Crippen molar-refractivity contribution in [2.45, 2.75) is 58.0 Å². The van der Waals surface area contributed by atoms with E-state index < -0.39 is 22.9 Å². The molecule has 0 aromatic heterocycles. The van der Waals surface area contributed by atoms with Crippen molar-refractivity contribution >= 4 is 17.1 Å². The van der Waals surface area contributed by atoms with Crippen molar-refractivity contribution < 1.29 is 22.8 Å². The third-order valence-electron chi connectivity index (χ3n) is 8.18. The molecule has 0 amide bonds. The Bertz CT molecular complexity index is 633. The van der Waals surface area contributed by atoms with Crippen molar-refractivity contribution in [1.82, 2.24) is 0 Å². The molecule has 6 heteroatoms. The van der Waals surface area contributed by atoms with E-state index in [9.17, 15) is 18.7 Å². The smallest absolute Gasteiger partial charge is 0.301 e. The number of rotatable bonds is 3. The van der Waals surface area contributed by atoms with Crippen molar-refractivity contribution in [2.24, 2.45) is 34.5 Å². The van der Waals surface area contributed by atoms with Crippen LogP contribution in [0.2, 0.25) is 0 Å². The van der Waals surface area contributed by atoms with Crippen molar-refractivity contribution in [1.29, 1.82) is 0 Å². The second-order valence-corrected chi connectivity index (χ2v) is 9.53. The van der Waals surface area contributed by atoms with Crippen LogP contribution < -0.4 is 0 Å². The Kier molecular flexibility index (Phi) is 4.26. The van der Waals surface area contributed by atoms with E-state index in [0.29, 0.717) is 24.3 Å². The van der Waals surface area contributed by atoms with E-state index in [1.165, 1.54) is 0 Å². The summed E-state index contributed by atoms with van der Waals surface area (Å²) in [5.41, 5.74) is -0.352. The van der Waals surface area contributed by atoms with Gasteiger partial charge in [-0.3, -0.25) is 13.5 Å². The van der Waals surface area contributed by atoms with Crippen LogP contribution in [-0.2, 0) is 20.3 Å². The molecule has 5 aliphatic rings. The van der Waals surface area contributed by atoms with Gasteiger partial charge in [0.2, 0.25) is 0 Å². The Balaban J connectivity index is 1.81. The molecule has 5 fully saturated rings. The highest BCUT2D eigenvalue weighted by Gasteiger charge is 2.69. The van der Waals surface area contributed by atoms with E-state index >= 15 is 0 Å². The number of hydrogen-bond acceptors (Lipinski definition) is 4. The molecule has 5 aliphatic carbocycles. The van der Waals surface area contributed by atoms with Gasteiger partial charge in [0.25, 0.3) is 0 Å². The maximum absolute atomic E-state index is 13.2. The highest BCUT2D eigenvalue weighted by molar-refractivity contribution is 7.74. The molecular weight excluding hydrogens is 340 g/mol. The molecule has 2 N–H and O–H groups in total. The maximum atomic E-state index is 13.2. The summed E-state index contributed by atoms with van der Waals surface area (Å²) < 4.78 is 25.7. The molecule has 0 heterocycles. The first kappa shape index (κ1) is 17.8. The molecule has 8 atom stereocenters. The van der Waals surface area contributed by atoms with E-state index in [-0.39, 0.29) is 35.6 Å². The highest BCUT2D eigenvalue weighted by atomic mass is 32.2. The zero-order valence-corrected chi connectivity index (χ0v) is 15.6. The van der Waals surface area contributed by atoms with Crippen molar-refractivity contribution in [3.8, 4) is 0 Å². The summed E-state index contributed by atoms with van der Waals surface area (Å²) in [4.78, 5) is 13.2. The Morgan fingerprint density at radius 3 is 2.80 bits per heavy atom. The highest BCUT2D eigenvalue weighted by Crippen LogP contribution is 2.69. The normalized spacial score (nSPS) is 50.3. The molecule has 0 aliphatic heterocycles. The van der Waals surface area contributed by atoms with Gasteiger partial charge in [-0.15, -0.1) is 0 Å². The molecule has 140 valence electrons. The molecule has 0 aromatic carbocycles.